The Balaban J connectivity index is 1.77. The normalized spacial score (nSPS) is 20.7. The third-order valence-electron chi connectivity index (χ3n) is 7.07. The summed E-state index contributed by atoms with van der Waals surface area (Å²) in [4.78, 5) is 54.7. The maximum Gasteiger partial charge on any atom is 0.410 e. The lowest BCUT2D eigenvalue weighted by Crippen LogP contribution is -2.58. The molecule has 0 unspecified atom stereocenters. The number of carbonyl (C=O) groups is 4. The molecule has 0 aliphatic carbocycles. The van der Waals surface area contributed by atoms with Gasteiger partial charge in [0.2, 0.25) is 11.8 Å². The minimum Gasteiger partial charge on any atom is -0.480 e. The Morgan fingerprint density at radius 2 is 1.67 bits per heavy atom. The van der Waals surface area contributed by atoms with E-state index in [9.17, 15) is 24.3 Å². The Hall–Kier alpha value is -3.10. The number of amides is 3. The van der Waals surface area contributed by atoms with Crippen LogP contribution in [0.5, 0.6) is 0 Å². The van der Waals surface area contributed by atoms with Crippen molar-refractivity contribution in [1.29, 1.82) is 0 Å². The summed E-state index contributed by atoms with van der Waals surface area (Å²) in [5, 5.41) is 12.4. The van der Waals surface area contributed by atoms with E-state index in [0.717, 1.165) is 12.0 Å². The molecular weight excluding hydrogens is 462 g/mol. The molecule has 2 fully saturated rings. The molecule has 3 amide bonds. The number of piperidine rings is 1. The van der Waals surface area contributed by atoms with Gasteiger partial charge in [0, 0.05) is 19.6 Å². The highest BCUT2D eigenvalue weighted by Gasteiger charge is 2.47. The second-order valence-electron chi connectivity index (χ2n) is 11.1. The Morgan fingerprint density at radius 3 is 2.19 bits per heavy atom. The van der Waals surface area contributed by atoms with Crippen LogP contribution in [0, 0.1) is 5.92 Å². The number of rotatable bonds is 6. The van der Waals surface area contributed by atoms with Gasteiger partial charge in [0.05, 0.1) is 5.41 Å². The molecule has 0 saturated carbocycles. The molecular formula is C27H39N3O6. The van der Waals surface area contributed by atoms with Gasteiger partial charge in [-0.1, -0.05) is 44.2 Å². The highest BCUT2D eigenvalue weighted by Crippen LogP contribution is 2.37. The molecule has 0 aromatic heterocycles. The van der Waals surface area contributed by atoms with Crippen LogP contribution in [0.15, 0.2) is 30.3 Å². The Morgan fingerprint density at radius 1 is 1.06 bits per heavy atom. The smallest absolute Gasteiger partial charge is 0.410 e. The van der Waals surface area contributed by atoms with Crippen molar-refractivity contribution in [2.75, 3.05) is 19.6 Å². The Labute approximate surface area is 213 Å². The average molecular weight is 502 g/mol. The number of ether oxygens (including phenoxy) is 1. The third kappa shape index (κ3) is 5.99. The molecule has 0 radical (unpaired) electrons. The van der Waals surface area contributed by atoms with E-state index >= 15 is 0 Å². The number of nitrogens with zero attached hydrogens (tertiary/aromatic N) is 2. The van der Waals surface area contributed by atoms with Gasteiger partial charge in [0.25, 0.3) is 0 Å². The molecule has 2 atom stereocenters. The number of carboxylic acids is 1. The number of likely N-dealkylation sites (tertiary alicyclic amines) is 2. The first kappa shape index (κ1) is 27.5. The van der Waals surface area contributed by atoms with Crippen molar-refractivity contribution in [1.82, 2.24) is 15.1 Å². The van der Waals surface area contributed by atoms with Gasteiger partial charge in [0.1, 0.15) is 17.7 Å². The van der Waals surface area contributed by atoms with E-state index in [4.69, 9.17) is 4.74 Å². The summed E-state index contributed by atoms with van der Waals surface area (Å²) in [5.41, 5.74) is -0.787. The number of aliphatic carboxylic acids is 1. The zero-order valence-electron chi connectivity index (χ0n) is 22.0. The van der Waals surface area contributed by atoms with Gasteiger partial charge in [-0.15, -0.1) is 0 Å². The second-order valence-corrected chi connectivity index (χ2v) is 11.1. The summed E-state index contributed by atoms with van der Waals surface area (Å²) in [5.74, 6) is -1.82. The minimum atomic E-state index is -1.07. The molecule has 2 aliphatic heterocycles. The maximum atomic E-state index is 13.6. The van der Waals surface area contributed by atoms with Crippen molar-refractivity contribution in [3.05, 3.63) is 35.9 Å². The van der Waals surface area contributed by atoms with Gasteiger partial charge >= 0.3 is 12.1 Å². The molecule has 0 spiro atoms. The third-order valence-corrected chi connectivity index (χ3v) is 7.07. The summed E-state index contributed by atoms with van der Waals surface area (Å²) < 4.78 is 5.50. The highest BCUT2D eigenvalue weighted by molar-refractivity contribution is 5.92. The maximum absolute atomic E-state index is 13.6. The first-order valence-electron chi connectivity index (χ1n) is 12.7. The second kappa shape index (κ2) is 10.9. The fourth-order valence-electron chi connectivity index (χ4n) is 5.08. The highest BCUT2D eigenvalue weighted by atomic mass is 16.6. The van der Waals surface area contributed by atoms with Gasteiger partial charge < -0.3 is 20.1 Å². The van der Waals surface area contributed by atoms with Gasteiger partial charge in [-0.05, 0) is 57.9 Å². The summed E-state index contributed by atoms with van der Waals surface area (Å²) in [6.45, 7) is 10.0. The topological polar surface area (TPSA) is 116 Å². The van der Waals surface area contributed by atoms with Crippen LogP contribution in [0.25, 0.3) is 0 Å². The van der Waals surface area contributed by atoms with Crippen LogP contribution in [0.3, 0.4) is 0 Å². The van der Waals surface area contributed by atoms with E-state index in [-0.39, 0.29) is 17.7 Å². The van der Waals surface area contributed by atoms with Crippen LogP contribution < -0.4 is 5.32 Å². The number of carbonyl (C=O) groups excluding carboxylic acids is 3. The van der Waals surface area contributed by atoms with Crippen molar-refractivity contribution < 1.29 is 29.0 Å². The average Bonchev–Trinajstić information content (AvgIpc) is 3.31. The SMILES string of the molecule is CC(C)[C@H](NC(=O)C1(c2ccccc2)CCN(C(=O)[C@@H]2CCCN2C(=O)OC(C)(C)C)CC1)C(=O)O. The van der Waals surface area contributed by atoms with Gasteiger partial charge in [-0.25, -0.2) is 9.59 Å². The lowest BCUT2D eigenvalue weighted by Gasteiger charge is -2.42. The molecule has 1 aromatic rings. The molecule has 2 heterocycles. The zero-order chi connectivity index (χ0) is 26.7. The van der Waals surface area contributed by atoms with Crippen molar-refractivity contribution in [3.63, 3.8) is 0 Å². The fourth-order valence-corrected chi connectivity index (χ4v) is 5.08. The van der Waals surface area contributed by atoms with E-state index in [1.54, 1.807) is 39.5 Å². The molecule has 0 bridgehead atoms. The van der Waals surface area contributed by atoms with E-state index in [2.05, 4.69) is 5.32 Å². The Kier molecular flexibility index (Phi) is 8.31. The molecule has 36 heavy (non-hydrogen) atoms. The molecule has 198 valence electrons. The molecule has 2 saturated heterocycles. The first-order valence-corrected chi connectivity index (χ1v) is 12.7. The van der Waals surface area contributed by atoms with E-state index in [1.165, 1.54) is 4.90 Å². The van der Waals surface area contributed by atoms with Crippen LogP contribution in [0.1, 0.15) is 65.9 Å². The number of carboxylic acid groups (broad SMARTS) is 1. The largest absolute Gasteiger partial charge is 0.480 e. The minimum absolute atomic E-state index is 0.133. The van der Waals surface area contributed by atoms with Crippen molar-refractivity contribution in [2.45, 2.75) is 83.4 Å². The molecule has 3 rings (SSSR count). The van der Waals surface area contributed by atoms with Crippen LogP contribution in [0.2, 0.25) is 0 Å². The lowest BCUT2D eigenvalue weighted by atomic mass is 9.71. The van der Waals surface area contributed by atoms with E-state index in [1.807, 2.05) is 30.3 Å². The molecule has 1 aromatic carbocycles. The number of hydrogen-bond acceptors (Lipinski definition) is 5. The van der Waals surface area contributed by atoms with Gasteiger partial charge in [-0.2, -0.15) is 0 Å². The fraction of sp³-hybridized carbons (Fsp3) is 0.630. The predicted octanol–water partition coefficient (Wildman–Crippen LogP) is 3.17. The monoisotopic (exact) mass is 501 g/mol. The molecule has 2 aliphatic rings. The Bertz CT molecular complexity index is 963. The molecule has 2 N–H and O–H groups in total. The van der Waals surface area contributed by atoms with Crippen LogP contribution >= 0.6 is 0 Å². The van der Waals surface area contributed by atoms with Crippen molar-refractivity contribution >= 4 is 23.9 Å². The molecule has 9 heteroatoms. The van der Waals surface area contributed by atoms with Gasteiger partial charge in [-0.3, -0.25) is 14.5 Å². The predicted molar refractivity (Wildman–Crippen MR) is 134 cm³/mol. The van der Waals surface area contributed by atoms with Crippen molar-refractivity contribution in [2.24, 2.45) is 5.92 Å². The first-order chi connectivity index (χ1) is 16.9. The standard InChI is InChI=1S/C27H39N3O6/c1-18(2)21(23(32)33)28-24(34)27(19-10-7-6-8-11-19)13-16-29(17-14-27)22(31)20-12-9-15-30(20)25(35)36-26(3,4)5/h6-8,10-11,18,20-21H,9,12-17H2,1-5H3,(H,28,34)(H,32,33)/t20-,21-/m0/s1. The van der Waals surface area contributed by atoms with Crippen LogP contribution in [-0.2, 0) is 24.5 Å². The summed E-state index contributed by atoms with van der Waals surface area (Å²) in [6, 6.07) is 7.76. The lowest BCUT2D eigenvalue weighted by molar-refractivity contribution is -0.145. The quantitative estimate of drug-likeness (QED) is 0.619. The van der Waals surface area contributed by atoms with E-state index in [0.29, 0.717) is 38.9 Å². The number of benzene rings is 1. The number of nitrogens with one attached hydrogen (secondary N) is 1. The summed E-state index contributed by atoms with van der Waals surface area (Å²) in [6.07, 6.45) is 1.54. The van der Waals surface area contributed by atoms with Crippen molar-refractivity contribution in [3.8, 4) is 0 Å². The molecule has 9 nitrogen and oxygen atoms in total. The van der Waals surface area contributed by atoms with Crippen LogP contribution in [0.4, 0.5) is 4.79 Å². The zero-order valence-corrected chi connectivity index (χ0v) is 22.0. The van der Waals surface area contributed by atoms with Crippen LogP contribution in [-0.4, -0.2) is 76.1 Å². The summed E-state index contributed by atoms with van der Waals surface area (Å²) >= 11 is 0. The van der Waals surface area contributed by atoms with E-state index < -0.39 is 35.2 Å². The number of hydrogen-bond donors (Lipinski definition) is 2. The van der Waals surface area contributed by atoms with Gasteiger partial charge in [0.15, 0.2) is 0 Å². The summed E-state index contributed by atoms with van der Waals surface area (Å²) in [7, 11) is 0.